The van der Waals surface area contributed by atoms with Gasteiger partial charge in [-0.3, -0.25) is 19.3 Å². The summed E-state index contributed by atoms with van der Waals surface area (Å²) in [5.74, 6) is -3.68. The van der Waals surface area contributed by atoms with Crippen LogP contribution in [0.2, 0.25) is 0 Å². The van der Waals surface area contributed by atoms with E-state index >= 15 is 0 Å². The Morgan fingerprint density at radius 1 is 1.11 bits per heavy atom. The predicted octanol–water partition coefficient (Wildman–Crippen LogP) is -3.25. The van der Waals surface area contributed by atoms with Crippen LogP contribution >= 0.6 is 11.8 Å². The quantitative estimate of drug-likeness (QED) is 0.160. The van der Waals surface area contributed by atoms with E-state index in [4.69, 9.17) is 5.73 Å². The van der Waals surface area contributed by atoms with Crippen LogP contribution in [0.25, 0.3) is 0 Å². The molecule has 0 aliphatic carbocycles. The molecule has 37 heavy (non-hydrogen) atoms. The third kappa shape index (κ3) is 5.43. The van der Waals surface area contributed by atoms with Crippen LogP contribution in [0, 0.1) is 0 Å². The monoisotopic (exact) mass is 536 g/mol. The second-order valence-electron chi connectivity index (χ2n) is 9.10. The van der Waals surface area contributed by atoms with Gasteiger partial charge in [-0.15, -0.1) is 11.8 Å². The molecule has 2 aliphatic rings. The summed E-state index contributed by atoms with van der Waals surface area (Å²) >= 11 is 1.17. The number of nitrogens with one attached hydrogen (secondary N) is 1. The molecule has 4 rings (SSSR count). The van der Waals surface area contributed by atoms with E-state index in [0.29, 0.717) is 11.3 Å². The number of rotatable bonds is 7. The molecule has 11 nitrogen and oxygen atoms in total. The molecule has 0 bridgehead atoms. The number of phenolic OH excluding ortho intramolecular Hbond substituents is 2. The minimum absolute atomic E-state index is 0. The number of anilines is 1. The summed E-state index contributed by atoms with van der Waals surface area (Å²) in [5.41, 5.74) is 6.98. The Labute approximate surface area is 239 Å². The second kappa shape index (κ2) is 10.9. The molecule has 0 unspecified atom stereocenters. The fraction of sp³-hybridized carbons (Fsp3) is 0.333. The van der Waals surface area contributed by atoms with Gasteiger partial charge in [0.15, 0.2) is 0 Å². The van der Waals surface area contributed by atoms with Crippen LogP contribution in [-0.4, -0.2) is 72.5 Å². The predicted molar refractivity (Wildman–Crippen MR) is 128 cm³/mol. The average Bonchev–Trinajstić information content (AvgIpc) is 3.09. The summed E-state index contributed by atoms with van der Waals surface area (Å²) in [6.45, 7) is 2.94. The first-order valence-corrected chi connectivity index (χ1v) is 11.9. The van der Waals surface area contributed by atoms with Crippen LogP contribution in [0.15, 0.2) is 48.5 Å². The van der Waals surface area contributed by atoms with Crippen molar-refractivity contribution in [1.82, 2.24) is 9.80 Å². The molecule has 13 heteroatoms. The number of imide groups is 1. The molecule has 0 aromatic heterocycles. The third-order valence-corrected chi connectivity index (χ3v) is 7.81. The Balaban J connectivity index is 0.00000380. The zero-order valence-corrected chi connectivity index (χ0v) is 23.3. The van der Waals surface area contributed by atoms with Gasteiger partial charge in [0.25, 0.3) is 11.8 Å². The molecule has 2 aromatic carbocycles. The molecule has 190 valence electrons. The number of amides is 3. The van der Waals surface area contributed by atoms with Crippen LogP contribution in [0.3, 0.4) is 0 Å². The molecule has 3 amide bonds. The first-order valence-electron chi connectivity index (χ1n) is 11.1. The van der Waals surface area contributed by atoms with Crippen LogP contribution in [-0.2, 0) is 19.2 Å². The standard InChI is InChI=1S/C24H26N4O7S.Na/c1-24(2)19(23(34)35)28-21(33)18(22(28)36-24)27(16(31)11-26-13-5-9-15(30)10-6-13)20(32)17(25)12-3-7-14(29)8-4-12;/h3-10,17-19,22,26,29-30H,11,25H2,1-2H3,(H,34,35);/q;+1/p-1/t17-,18-,19+,22-;/m1./s1. The largest absolute Gasteiger partial charge is 1.00 e. The first kappa shape index (κ1) is 28.8. The Morgan fingerprint density at radius 3 is 2.19 bits per heavy atom. The zero-order chi connectivity index (χ0) is 26.4. The summed E-state index contributed by atoms with van der Waals surface area (Å²) < 4.78 is -0.908. The van der Waals surface area contributed by atoms with Gasteiger partial charge in [0, 0.05) is 10.4 Å². The van der Waals surface area contributed by atoms with Crippen molar-refractivity contribution in [2.75, 3.05) is 11.9 Å². The normalized spacial score (nSPS) is 22.2. The van der Waals surface area contributed by atoms with E-state index in [1.807, 2.05) is 0 Å². The van der Waals surface area contributed by atoms with Gasteiger partial charge in [0.2, 0.25) is 5.91 Å². The number of hydrogen-bond acceptors (Lipinski definition) is 10. The summed E-state index contributed by atoms with van der Waals surface area (Å²) in [6.07, 6.45) is 0. The Bertz CT molecular complexity index is 1210. The maximum absolute atomic E-state index is 13.5. The van der Waals surface area contributed by atoms with Crippen molar-refractivity contribution in [1.29, 1.82) is 0 Å². The smallest absolute Gasteiger partial charge is 0.548 e. The minimum atomic E-state index is -1.42. The second-order valence-corrected chi connectivity index (χ2v) is 10.9. The van der Waals surface area contributed by atoms with Gasteiger partial charge >= 0.3 is 29.6 Å². The van der Waals surface area contributed by atoms with Crippen LogP contribution in [0.1, 0.15) is 25.5 Å². The minimum Gasteiger partial charge on any atom is -0.548 e. The molecule has 4 atom stereocenters. The summed E-state index contributed by atoms with van der Waals surface area (Å²) in [4.78, 5) is 53.7. The van der Waals surface area contributed by atoms with Crippen LogP contribution in [0.5, 0.6) is 11.5 Å². The van der Waals surface area contributed by atoms with Crippen molar-refractivity contribution in [3.8, 4) is 11.5 Å². The number of benzene rings is 2. The van der Waals surface area contributed by atoms with Crippen molar-refractivity contribution in [3.05, 3.63) is 54.1 Å². The molecular formula is C24H25N4NaO7S. The molecule has 2 saturated heterocycles. The first-order chi connectivity index (χ1) is 16.9. The van der Waals surface area contributed by atoms with Crippen molar-refractivity contribution < 1.29 is 64.1 Å². The van der Waals surface area contributed by atoms with E-state index in [9.17, 15) is 34.5 Å². The number of aromatic hydroxyl groups is 2. The van der Waals surface area contributed by atoms with E-state index in [1.165, 1.54) is 60.3 Å². The molecule has 2 aliphatic heterocycles. The van der Waals surface area contributed by atoms with E-state index < -0.39 is 51.9 Å². The van der Waals surface area contributed by atoms with Crippen LogP contribution in [0.4, 0.5) is 5.69 Å². The number of β-lactam (4-membered cyclic amide) rings is 1. The summed E-state index contributed by atoms with van der Waals surface area (Å²) in [5, 5.41) is 32.8. The fourth-order valence-electron chi connectivity index (χ4n) is 4.44. The number of thioether (sulfide) groups is 1. The molecule has 2 aromatic rings. The van der Waals surface area contributed by atoms with E-state index in [1.54, 1.807) is 13.8 Å². The van der Waals surface area contributed by atoms with Gasteiger partial charge in [0.1, 0.15) is 29.0 Å². The average molecular weight is 537 g/mol. The number of carbonyl (C=O) groups is 4. The topological polar surface area (TPSA) is 176 Å². The molecule has 2 heterocycles. The number of aliphatic carboxylic acids is 1. The molecule has 0 spiro atoms. The fourth-order valence-corrected chi connectivity index (χ4v) is 6.11. The SMILES string of the molecule is CC1(C)S[C@@H]2[C@H](N(C(=O)CNc3ccc(O)cc3)C(=O)[C@H](N)c3ccc(O)cc3)C(=O)N2[C@H]1C(=O)[O-].[Na+]. The van der Waals surface area contributed by atoms with Gasteiger partial charge in [-0.05, 0) is 55.8 Å². The Kier molecular flexibility index (Phi) is 8.50. The Morgan fingerprint density at radius 2 is 1.65 bits per heavy atom. The summed E-state index contributed by atoms with van der Waals surface area (Å²) in [7, 11) is 0. The molecule has 0 saturated carbocycles. The maximum atomic E-state index is 13.5. The number of carboxylic acid groups (broad SMARTS) is 1. The van der Waals surface area contributed by atoms with Gasteiger partial charge < -0.3 is 36.1 Å². The molecule has 0 radical (unpaired) electrons. The van der Waals surface area contributed by atoms with Crippen molar-refractivity contribution >= 4 is 41.1 Å². The Hall–Kier alpha value is -2.77. The van der Waals surface area contributed by atoms with Gasteiger partial charge in [-0.25, -0.2) is 0 Å². The molecule has 2 fully saturated rings. The van der Waals surface area contributed by atoms with E-state index in [2.05, 4.69) is 5.32 Å². The number of hydrogen-bond donors (Lipinski definition) is 4. The number of nitrogens with two attached hydrogens (primary N) is 1. The van der Waals surface area contributed by atoms with E-state index in [-0.39, 0.29) is 47.6 Å². The zero-order valence-electron chi connectivity index (χ0n) is 20.5. The maximum Gasteiger partial charge on any atom is 1.00 e. The number of fused-ring (bicyclic) bond motifs is 1. The van der Waals surface area contributed by atoms with E-state index in [0.717, 1.165) is 9.80 Å². The van der Waals surface area contributed by atoms with Gasteiger partial charge in [-0.2, -0.15) is 0 Å². The molecule has 5 N–H and O–H groups in total. The third-order valence-electron chi connectivity index (χ3n) is 6.25. The number of nitrogens with zero attached hydrogens (tertiary/aromatic N) is 2. The number of carbonyl (C=O) groups excluding carboxylic acids is 4. The number of phenols is 2. The van der Waals surface area contributed by atoms with Gasteiger partial charge in [0.05, 0.1) is 18.6 Å². The van der Waals surface area contributed by atoms with Crippen LogP contribution < -0.4 is 45.7 Å². The number of carboxylic acids is 1. The van der Waals surface area contributed by atoms with Crippen molar-refractivity contribution in [2.24, 2.45) is 5.73 Å². The molecular weight excluding hydrogens is 511 g/mol. The van der Waals surface area contributed by atoms with Crippen molar-refractivity contribution in [3.63, 3.8) is 0 Å². The summed E-state index contributed by atoms with van der Waals surface area (Å²) in [6, 6.07) is 7.68. The van der Waals surface area contributed by atoms with Gasteiger partial charge in [-0.1, -0.05) is 12.1 Å². The van der Waals surface area contributed by atoms with Crippen molar-refractivity contribution in [2.45, 2.75) is 42.1 Å².